The van der Waals surface area contributed by atoms with Crippen molar-refractivity contribution in [2.24, 2.45) is 0 Å². The molecule has 0 saturated carbocycles. The van der Waals surface area contributed by atoms with E-state index in [4.69, 9.17) is 0 Å². The van der Waals surface area contributed by atoms with Gasteiger partial charge in [-0.05, 0) is 39.5 Å². The molecule has 10 heteroatoms. The standard InChI is InChI=1S/C15H17BrN2O3S4/c16-13-3-4-15(24-13)25(20,21)18-7-5-17(6-8-18)14(19)11-22-10-12-2-1-9-23-12/h1-4,9H,5-8,10-11H2. The maximum Gasteiger partial charge on any atom is 0.252 e. The zero-order chi connectivity index (χ0) is 17.9. The second-order valence-corrected chi connectivity index (χ2v) is 12.1. The monoisotopic (exact) mass is 480 g/mol. The van der Waals surface area contributed by atoms with E-state index in [9.17, 15) is 13.2 Å². The number of hydrogen-bond acceptors (Lipinski definition) is 6. The lowest BCUT2D eigenvalue weighted by Gasteiger charge is -2.33. The van der Waals surface area contributed by atoms with Crippen LogP contribution in [0.2, 0.25) is 0 Å². The summed E-state index contributed by atoms with van der Waals surface area (Å²) >= 11 is 7.80. The third kappa shape index (κ3) is 4.86. The molecule has 25 heavy (non-hydrogen) atoms. The Hall–Kier alpha value is -0.390. The van der Waals surface area contributed by atoms with Gasteiger partial charge >= 0.3 is 0 Å². The minimum Gasteiger partial charge on any atom is -0.339 e. The van der Waals surface area contributed by atoms with Crippen LogP contribution in [0.5, 0.6) is 0 Å². The van der Waals surface area contributed by atoms with Gasteiger partial charge in [0.2, 0.25) is 5.91 Å². The lowest BCUT2D eigenvalue weighted by atomic mass is 10.3. The average Bonchev–Trinajstić information content (AvgIpc) is 3.27. The Morgan fingerprint density at radius 3 is 2.56 bits per heavy atom. The number of hydrogen-bond donors (Lipinski definition) is 0. The molecule has 1 aliphatic heterocycles. The van der Waals surface area contributed by atoms with Crippen LogP contribution >= 0.6 is 50.4 Å². The fourth-order valence-electron chi connectivity index (χ4n) is 2.47. The second-order valence-electron chi connectivity index (χ2n) is 5.42. The van der Waals surface area contributed by atoms with Crippen molar-refractivity contribution < 1.29 is 13.2 Å². The Morgan fingerprint density at radius 1 is 1.20 bits per heavy atom. The number of rotatable bonds is 6. The summed E-state index contributed by atoms with van der Waals surface area (Å²) in [5, 5.41) is 2.03. The van der Waals surface area contributed by atoms with Crippen LogP contribution in [0.3, 0.4) is 0 Å². The molecule has 0 spiro atoms. The largest absolute Gasteiger partial charge is 0.339 e. The normalized spacial score (nSPS) is 16.3. The SMILES string of the molecule is O=C(CSCc1cccs1)N1CCN(S(=O)(=O)c2ccc(Br)s2)CC1. The first kappa shape index (κ1) is 19.4. The predicted molar refractivity (Wildman–Crippen MR) is 108 cm³/mol. The minimum atomic E-state index is -3.46. The molecule has 3 rings (SSSR count). The van der Waals surface area contributed by atoms with Crippen molar-refractivity contribution in [3.63, 3.8) is 0 Å². The Balaban J connectivity index is 1.48. The van der Waals surface area contributed by atoms with E-state index in [0.29, 0.717) is 36.1 Å². The molecule has 0 unspecified atom stereocenters. The molecule has 2 aromatic rings. The lowest BCUT2D eigenvalue weighted by molar-refractivity contribution is -0.129. The van der Waals surface area contributed by atoms with Crippen LogP contribution in [0, 0.1) is 0 Å². The van der Waals surface area contributed by atoms with E-state index in [-0.39, 0.29) is 5.91 Å². The van der Waals surface area contributed by atoms with Crippen molar-refractivity contribution in [2.45, 2.75) is 9.96 Å². The maximum absolute atomic E-state index is 12.6. The van der Waals surface area contributed by atoms with Crippen molar-refractivity contribution in [1.29, 1.82) is 0 Å². The highest BCUT2D eigenvalue weighted by atomic mass is 79.9. The first-order valence-corrected chi connectivity index (χ1v) is 12.7. The molecule has 0 aliphatic carbocycles. The van der Waals surface area contributed by atoms with Crippen LogP contribution in [-0.2, 0) is 20.6 Å². The third-order valence-electron chi connectivity index (χ3n) is 3.78. The van der Waals surface area contributed by atoms with Gasteiger partial charge in [-0.2, -0.15) is 4.31 Å². The Morgan fingerprint density at radius 2 is 1.96 bits per heavy atom. The van der Waals surface area contributed by atoms with E-state index in [1.165, 1.54) is 20.5 Å². The summed E-state index contributed by atoms with van der Waals surface area (Å²) in [4.78, 5) is 15.3. The molecule has 5 nitrogen and oxygen atoms in total. The van der Waals surface area contributed by atoms with Gasteiger partial charge in [0.05, 0.1) is 9.54 Å². The topological polar surface area (TPSA) is 57.7 Å². The summed E-state index contributed by atoms with van der Waals surface area (Å²) in [6, 6.07) is 7.42. The number of nitrogens with zero attached hydrogens (tertiary/aromatic N) is 2. The number of carbonyl (C=O) groups excluding carboxylic acids is 1. The number of halogens is 1. The quantitative estimate of drug-likeness (QED) is 0.635. The maximum atomic E-state index is 12.6. The van der Waals surface area contributed by atoms with Crippen LogP contribution in [-0.4, -0.2) is 55.5 Å². The van der Waals surface area contributed by atoms with Crippen molar-refractivity contribution in [3.8, 4) is 0 Å². The highest BCUT2D eigenvalue weighted by molar-refractivity contribution is 9.11. The summed E-state index contributed by atoms with van der Waals surface area (Å²) in [6.07, 6.45) is 0. The second kappa shape index (κ2) is 8.53. The Kier molecular flexibility index (Phi) is 6.61. The predicted octanol–water partition coefficient (Wildman–Crippen LogP) is 3.34. The van der Waals surface area contributed by atoms with Gasteiger partial charge in [0.25, 0.3) is 10.0 Å². The molecule has 3 heterocycles. The van der Waals surface area contributed by atoms with Crippen molar-refractivity contribution >= 4 is 66.3 Å². The molecule has 1 amide bonds. The van der Waals surface area contributed by atoms with Gasteiger partial charge in [-0.15, -0.1) is 34.4 Å². The molecule has 1 fully saturated rings. The Labute approximate surface area is 168 Å². The molecule has 0 bridgehead atoms. The fraction of sp³-hybridized carbons (Fsp3) is 0.400. The summed E-state index contributed by atoms with van der Waals surface area (Å²) < 4.78 is 27.8. The molecular weight excluding hydrogens is 464 g/mol. The van der Waals surface area contributed by atoms with Crippen LogP contribution in [0.25, 0.3) is 0 Å². The van der Waals surface area contributed by atoms with Gasteiger partial charge in [-0.3, -0.25) is 4.79 Å². The Bertz CT molecular complexity index is 812. The van der Waals surface area contributed by atoms with E-state index in [0.717, 1.165) is 9.54 Å². The summed E-state index contributed by atoms with van der Waals surface area (Å²) in [5.41, 5.74) is 0. The smallest absolute Gasteiger partial charge is 0.252 e. The molecule has 0 radical (unpaired) electrons. The van der Waals surface area contributed by atoms with Crippen molar-refractivity contribution in [2.75, 3.05) is 31.9 Å². The molecule has 1 aliphatic rings. The number of thioether (sulfide) groups is 1. The molecule has 136 valence electrons. The fourth-order valence-corrected chi connectivity index (χ4v) is 7.82. The van der Waals surface area contributed by atoms with Gasteiger partial charge in [-0.1, -0.05) is 6.07 Å². The van der Waals surface area contributed by atoms with E-state index in [1.54, 1.807) is 40.1 Å². The lowest BCUT2D eigenvalue weighted by Crippen LogP contribution is -2.50. The first-order chi connectivity index (χ1) is 12.0. The van der Waals surface area contributed by atoms with E-state index < -0.39 is 10.0 Å². The number of piperazine rings is 1. The molecule has 0 N–H and O–H groups in total. The zero-order valence-electron chi connectivity index (χ0n) is 13.3. The molecule has 2 aromatic heterocycles. The molecule has 0 aromatic carbocycles. The number of carbonyl (C=O) groups is 1. The number of amides is 1. The number of sulfonamides is 1. The number of thiophene rings is 2. The van der Waals surface area contributed by atoms with E-state index >= 15 is 0 Å². The van der Waals surface area contributed by atoms with Gasteiger partial charge in [0.1, 0.15) is 4.21 Å². The minimum absolute atomic E-state index is 0.0810. The third-order valence-corrected chi connectivity index (χ3v) is 9.80. The van der Waals surface area contributed by atoms with E-state index in [1.807, 2.05) is 11.4 Å². The van der Waals surface area contributed by atoms with Gasteiger partial charge in [-0.25, -0.2) is 8.42 Å². The van der Waals surface area contributed by atoms with Crippen molar-refractivity contribution in [3.05, 3.63) is 38.3 Å². The first-order valence-electron chi connectivity index (χ1n) is 7.60. The summed E-state index contributed by atoms with van der Waals surface area (Å²) in [7, 11) is -3.46. The van der Waals surface area contributed by atoms with Crippen LogP contribution in [0.1, 0.15) is 4.88 Å². The zero-order valence-corrected chi connectivity index (χ0v) is 18.1. The van der Waals surface area contributed by atoms with Crippen LogP contribution in [0.15, 0.2) is 37.6 Å². The van der Waals surface area contributed by atoms with Gasteiger partial charge in [0.15, 0.2) is 0 Å². The summed E-state index contributed by atoms with van der Waals surface area (Å²) in [6.45, 7) is 1.59. The molecule has 1 saturated heterocycles. The van der Waals surface area contributed by atoms with Crippen LogP contribution < -0.4 is 0 Å². The highest BCUT2D eigenvalue weighted by Gasteiger charge is 2.30. The van der Waals surface area contributed by atoms with Crippen molar-refractivity contribution in [1.82, 2.24) is 9.21 Å². The molecule has 0 atom stereocenters. The average molecular weight is 481 g/mol. The summed E-state index contributed by atoms with van der Waals surface area (Å²) in [5.74, 6) is 1.35. The van der Waals surface area contributed by atoms with Gasteiger partial charge in [0, 0.05) is 36.8 Å². The van der Waals surface area contributed by atoms with E-state index in [2.05, 4.69) is 22.0 Å². The van der Waals surface area contributed by atoms with Gasteiger partial charge < -0.3 is 4.90 Å². The highest BCUT2D eigenvalue weighted by Crippen LogP contribution is 2.29. The van der Waals surface area contributed by atoms with Crippen LogP contribution in [0.4, 0.5) is 0 Å². The molecular formula is C15H17BrN2O3S4.